The Labute approximate surface area is 166 Å². The van der Waals surface area contributed by atoms with Crippen molar-refractivity contribution in [2.24, 2.45) is 15.8 Å². The highest BCUT2D eigenvalue weighted by molar-refractivity contribution is 14.0. The Balaban J connectivity index is 0.00000312. The van der Waals surface area contributed by atoms with Crippen LogP contribution in [0.4, 0.5) is 0 Å². The smallest absolute Gasteiger partial charge is 0.212 e. The van der Waals surface area contributed by atoms with Crippen LogP contribution < -0.4 is 15.2 Å². The zero-order chi connectivity index (χ0) is 17.5. The Morgan fingerprint density at radius 3 is 2.64 bits per heavy atom. The van der Waals surface area contributed by atoms with Crippen LogP contribution in [0.5, 0.6) is 11.5 Å². The summed E-state index contributed by atoms with van der Waals surface area (Å²) in [5.41, 5.74) is 8.03. The van der Waals surface area contributed by atoms with Crippen LogP contribution in [0.2, 0.25) is 0 Å². The number of benzene rings is 1. The van der Waals surface area contributed by atoms with E-state index in [1.165, 1.54) is 0 Å². The molecule has 1 heterocycles. The van der Waals surface area contributed by atoms with Gasteiger partial charge in [-0.2, -0.15) is 5.10 Å². The zero-order valence-electron chi connectivity index (χ0n) is 15.4. The molecule has 0 bridgehead atoms. The van der Waals surface area contributed by atoms with E-state index in [1.54, 1.807) is 19.2 Å². The molecule has 0 saturated heterocycles. The number of rotatable bonds is 7. The van der Waals surface area contributed by atoms with Gasteiger partial charge in [0.15, 0.2) is 11.5 Å². The third-order valence-corrected chi connectivity index (χ3v) is 3.82. The molecule has 1 aromatic carbocycles. The summed E-state index contributed by atoms with van der Waals surface area (Å²) in [5.74, 6) is 1.88. The number of guanidine groups is 1. The quantitative estimate of drug-likeness (QED) is 0.291. The first-order valence-corrected chi connectivity index (χ1v) is 8.07. The lowest BCUT2D eigenvalue weighted by Crippen LogP contribution is -2.31. The predicted molar refractivity (Wildman–Crippen MR) is 112 cm³/mol. The largest absolute Gasteiger partial charge is 0.493 e. The molecule has 0 unspecified atom stereocenters. The fourth-order valence-electron chi connectivity index (χ4n) is 2.50. The number of halogens is 1. The molecule has 2 rings (SSSR count). The molecule has 7 nitrogen and oxygen atoms in total. The van der Waals surface area contributed by atoms with Crippen LogP contribution in [-0.4, -0.2) is 69.5 Å². The van der Waals surface area contributed by atoms with Gasteiger partial charge in [-0.1, -0.05) is 0 Å². The van der Waals surface area contributed by atoms with E-state index < -0.39 is 0 Å². The molecule has 0 fully saturated rings. The molecule has 0 aliphatic carbocycles. The number of aliphatic imine (C=N–C) groups is 1. The highest BCUT2D eigenvalue weighted by Gasteiger charge is 2.19. The monoisotopic (exact) mass is 461 g/mol. The van der Waals surface area contributed by atoms with Gasteiger partial charge in [0.2, 0.25) is 5.96 Å². The van der Waals surface area contributed by atoms with Crippen LogP contribution in [0.25, 0.3) is 0 Å². The van der Waals surface area contributed by atoms with Gasteiger partial charge in [0, 0.05) is 18.5 Å². The van der Waals surface area contributed by atoms with Gasteiger partial charge in [0.1, 0.15) is 0 Å². The molecule has 2 N–H and O–H groups in total. The van der Waals surface area contributed by atoms with Gasteiger partial charge < -0.3 is 20.1 Å². The van der Waals surface area contributed by atoms with E-state index in [0.29, 0.717) is 24.0 Å². The van der Waals surface area contributed by atoms with E-state index in [2.05, 4.69) is 15.0 Å². The lowest BCUT2D eigenvalue weighted by molar-refractivity contribution is 0.355. The lowest BCUT2D eigenvalue weighted by Gasteiger charge is -2.12. The van der Waals surface area contributed by atoms with E-state index in [4.69, 9.17) is 15.2 Å². The van der Waals surface area contributed by atoms with Crippen LogP contribution in [-0.2, 0) is 0 Å². The van der Waals surface area contributed by atoms with Crippen LogP contribution in [0.1, 0.15) is 18.4 Å². The van der Waals surface area contributed by atoms with E-state index in [0.717, 1.165) is 37.2 Å². The Kier molecular flexibility index (Phi) is 8.98. The summed E-state index contributed by atoms with van der Waals surface area (Å²) in [4.78, 5) is 6.54. The van der Waals surface area contributed by atoms with Crippen LogP contribution in [0.15, 0.2) is 28.3 Å². The van der Waals surface area contributed by atoms with Crippen LogP contribution in [0.3, 0.4) is 0 Å². The maximum absolute atomic E-state index is 6.05. The van der Waals surface area contributed by atoms with Gasteiger partial charge in [0.05, 0.1) is 26.5 Å². The molecule has 0 radical (unpaired) electrons. The minimum Gasteiger partial charge on any atom is -0.493 e. The molecular weight excluding hydrogens is 433 g/mol. The van der Waals surface area contributed by atoms with Crippen molar-refractivity contribution < 1.29 is 9.47 Å². The third-order valence-electron chi connectivity index (χ3n) is 3.82. The number of hydrogen-bond donors (Lipinski definition) is 1. The fraction of sp³-hybridized carbons (Fsp3) is 0.529. The maximum atomic E-state index is 6.05. The molecule has 1 aromatic rings. The first-order chi connectivity index (χ1) is 11.5. The Hall–Kier alpha value is -1.55. The molecule has 0 amide bonds. The highest BCUT2D eigenvalue weighted by atomic mass is 127. The van der Waals surface area contributed by atoms with E-state index in [9.17, 15) is 0 Å². The van der Waals surface area contributed by atoms with Crippen molar-refractivity contribution in [3.63, 3.8) is 0 Å². The fourth-order valence-corrected chi connectivity index (χ4v) is 2.50. The van der Waals surface area contributed by atoms with Crippen molar-refractivity contribution in [2.45, 2.75) is 12.8 Å². The SMILES string of the molecule is COc1ccc(C2=NN(C(N)=NCCCN(C)C)CC2)cc1OC.I. The lowest BCUT2D eigenvalue weighted by atomic mass is 10.1. The third kappa shape index (κ3) is 6.03. The van der Waals surface area contributed by atoms with Crippen molar-refractivity contribution in [1.29, 1.82) is 0 Å². The second-order valence-corrected chi connectivity index (χ2v) is 5.89. The summed E-state index contributed by atoms with van der Waals surface area (Å²) in [6.07, 6.45) is 1.80. The number of nitrogens with zero attached hydrogens (tertiary/aromatic N) is 4. The van der Waals surface area contributed by atoms with Crippen molar-refractivity contribution in [1.82, 2.24) is 9.91 Å². The molecule has 1 aliphatic heterocycles. The first kappa shape index (κ1) is 21.5. The number of methoxy groups -OCH3 is 2. The standard InChI is InChI=1S/C17H27N5O2.HI/c1-21(2)10-5-9-19-17(18)22-11-8-14(20-22)13-6-7-15(23-3)16(12-13)24-4;/h6-7,12H,5,8-11H2,1-4H3,(H2,18,19);1H. The molecule has 8 heteroatoms. The van der Waals surface area contributed by atoms with Gasteiger partial charge in [-0.25, -0.2) is 5.01 Å². The first-order valence-electron chi connectivity index (χ1n) is 8.07. The van der Waals surface area contributed by atoms with Crippen molar-refractivity contribution in [3.8, 4) is 11.5 Å². The number of hydrazone groups is 1. The minimum absolute atomic E-state index is 0. The topological polar surface area (TPSA) is 75.7 Å². The molecule has 140 valence electrons. The summed E-state index contributed by atoms with van der Waals surface area (Å²) >= 11 is 0. The molecule has 25 heavy (non-hydrogen) atoms. The minimum atomic E-state index is 0. The Bertz CT molecular complexity index is 619. The summed E-state index contributed by atoms with van der Waals surface area (Å²) < 4.78 is 10.6. The number of nitrogens with two attached hydrogens (primary N) is 1. The molecular formula is C17H28IN5O2. The van der Waals surface area contributed by atoms with Crippen LogP contribution in [0, 0.1) is 0 Å². The molecule has 0 aromatic heterocycles. The van der Waals surface area contributed by atoms with E-state index >= 15 is 0 Å². The van der Waals surface area contributed by atoms with E-state index in [1.807, 2.05) is 32.3 Å². The second-order valence-electron chi connectivity index (χ2n) is 5.89. The van der Waals surface area contributed by atoms with Crippen molar-refractivity contribution in [3.05, 3.63) is 23.8 Å². The van der Waals surface area contributed by atoms with Gasteiger partial charge >= 0.3 is 0 Å². The normalized spacial score (nSPS) is 14.4. The highest BCUT2D eigenvalue weighted by Crippen LogP contribution is 2.29. The molecule has 0 atom stereocenters. The molecule has 0 saturated carbocycles. The van der Waals surface area contributed by atoms with Crippen LogP contribution >= 0.6 is 24.0 Å². The van der Waals surface area contributed by atoms with Gasteiger partial charge in [-0.05, 0) is 45.3 Å². The van der Waals surface area contributed by atoms with Gasteiger partial charge in [-0.3, -0.25) is 4.99 Å². The Morgan fingerprint density at radius 1 is 1.28 bits per heavy atom. The average molecular weight is 461 g/mol. The number of hydrogen-bond acceptors (Lipinski definition) is 5. The van der Waals surface area contributed by atoms with Gasteiger partial charge in [-0.15, -0.1) is 24.0 Å². The van der Waals surface area contributed by atoms with Crippen molar-refractivity contribution in [2.75, 3.05) is 47.9 Å². The second kappa shape index (κ2) is 10.4. The summed E-state index contributed by atoms with van der Waals surface area (Å²) in [7, 11) is 7.35. The summed E-state index contributed by atoms with van der Waals surface area (Å²) in [5, 5.41) is 6.36. The predicted octanol–water partition coefficient (Wildman–Crippen LogP) is 2.00. The molecule has 0 spiro atoms. The van der Waals surface area contributed by atoms with Crippen molar-refractivity contribution >= 4 is 35.6 Å². The summed E-state index contributed by atoms with van der Waals surface area (Å²) in [6, 6.07) is 5.80. The zero-order valence-corrected chi connectivity index (χ0v) is 17.7. The molecule has 1 aliphatic rings. The van der Waals surface area contributed by atoms with E-state index in [-0.39, 0.29) is 24.0 Å². The number of ether oxygens (including phenoxy) is 2. The summed E-state index contributed by atoms with van der Waals surface area (Å²) in [6.45, 7) is 2.45. The maximum Gasteiger partial charge on any atom is 0.212 e. The van der Waals surface area contributed by atoms with Gasteiger partial charge in [0.25, 0.3) is 0 Å². The Morgan fingerprint density at radius 2 is 2.00 bits per heavy atom. The average Bonchev–Trinajstić information content (AvgIpc) is 3.07.